The van der Waals surface area contributed by atoms with Crippen LogP contribution in [0.25, 0.3) is 10.9 Å². The average Bonchev–Trinajstić information content (AvgIpc) is 2.40. The molecule has 1 aromatic carbocycles. The smallest absolute Gasteiger partial charge is 0.280 e. The molecule has 1 heterocycles. The molecule has 2 rings (SSSR count). The highest BCUT2D eigenvalue weighted by Crippen LogP contribution is 2.29. The van der Waals surface area contributed by atoms with Crippen molar-refractivity contribution >= 4 is 51.6 Å². The van der Waals surface area contributed by atoms with Crippen molar-refractivity contribution in [2.45, 2.75) is 23.8 Å². The fourth-order valence-corrected chi connectivity index (χ4v) is 2.23. The van der Waals surface area contributed by atoms with Gasteiger partial charge in [-0.1, -0.05) is 46.9 Å². The molecule has 0 saturated heterocycles. The first-order valence-corrected chi connectivity index (χ1v) is 7.42. The van der Waals surface area contributed by atoms with Crippen LogP contribution < -0.4 is 16.3 Å². The SMILES string of the molecule is CC(=O)NC(Nn1c(C)nc2ccccc2c1=O)C(Cl)(Cl)Cl. The number of rotatable bonds is 3. The molecule has 9 heteroatoms. The van der Waals surface area contributed by atoms with E-state index in [1.165, 1.54) is 6.92 Å². The quantitative estimate of drug-likeness (QED) is 0.647. The summed E-state index contributed by atoms with van der Waals surface area (Å²) in [6.07, 6.45) is -1.10. The summed E-state index contributed by atoms with van der Waals surface area (Å²) in [7, 11) is 0. The normalized spacial score (nSPS) is 13.0. The number of carbonyl (C=O) groups is 1. The van der Waals surface area contributed by atoms with E-state index in [-0.39, 0.29) is 5.56 Å². The Hall–Kier alpha value is -1.50. The van der Waals surface area contributed by atoms with E-state index in [0.29, 0.717) is 16.7 Å². The van der Waals surface area contributed by atoms with Gasteiger partial charge >= 0.3 is 0 Å². The molecule has 0 fully saturated rings. The van der Waals surface area contributed by atoms with Crippen LogP contribution in [-0.2, 0) is 4.79 Å². The Morgan fingerprint density at radius 1 is 1.32 bits per heavy atom. The highest BCUT2D eigenvalue weighted by Gasteiger charge is 2.34. The van der Waals surface area contributed by atoms with Gasteiger partial charge in [-0.15, -0.1) is 0 Å². The van der Waals surface area contributed by atoms with Crippen molar-refractivity contribution in [1.29, 1.82) is 0 Å². The molecule has 2 aromatic rings. The van der Waals surface area contributed by atoms with E-state index in [2.05, 4.69) is 15.7 Å². The lowest BCUT2D eigenvalue weighted by atomic mass is 10.2. The number of benzene rings is 1. The Kier molecular flexibility index (Phi) is 4.84. The van der Waals surface area contributed by atoms with Gasteiger partial charge in [-0.25, -0.2) is 9.66 Å². The number of alkyl halides is 3. The number of aryl methyl sites for hydroxylation is 1. The summed E-state index contributed by atoms with van der Waals surface area (Å²) in [4.78, 5) is 28.1. The molecule has 0 spiro atoms. The number of fused-ring (bicyclic) bond motifs is 1. The van der Waals surface area contributed by atoms with Crippen LogP contribution in [0.1, 0.15) is 12.7 Å². The zero-order chi connectivity index (χ0) is 16.5. The maximum Gasteiger partial charge on any atom is 0.280 e. The number of amides is 1. The zero-order valence-corrected chi connectivity index (χ0v) is 14.0. The first kappa shape index (κ1) is 16.9. The maximum absolute atomic E-state index is 12.5. The Morgan fingerprint density at radius 3 is 2.55 bits per heavy atom. The van der Waals surface area contributed by atoms with Gasteiger partial charge in [-0.05, 0) is 19.1 Å². The molecule has 1 atom stereocenters. The topological polar surface area (TPSA) is 76.0 Å². The van der Waals surface area contributed by atoms with E-state index in [9.17, 15) is 9.59 Å². The lowest BCUT2D eigenvalue weighted by Crippen LogP contribution is -2.53. The summed E-state index contributed by atoms with van der Waals surface area (Å²) in [5, 5.41) is 2.85. The summed E-state index contributed by atoms with van der Waals surface area (Å²) in [5.74, 6) is -0.0448. The van der Waals surface area contributed by atoms with Crippen LogP contribution in [0.2, 0.25) is 0 Å². The minimum Gasteiger partial charge on any atom is -0.331 e. The molecule has 0 aliphatic rings. The third-order valence-electron chi connectivity index (χ3n) is 2.88. The third-order valence-corrected chi connectivity index (χ3v) is 3.53. The van der Waals surface area contributed by atoms with Gasteiger partial charge in [0, 0.05) is 6.92 Å². The molecule has 0 radical (unpaired) electrons. The number of hydrogen-bond acceptors (Lipinski definition) is 4. The summed E-state index contributed by atoms with van der Waals surface area (Å²) in [5.41, 5.74) is 2.90. The van der Waals surface area contributed by atoms with Crippen LogP contribution in [-0.4, -0.2) is 25.5 Å². The van der Waals surface area contributed by atoms with Gasteiger partial charge in [-0.2, -0.15) is 0 Å². The minimum atomic E-state index is -1.86. The number of nitrogens with zero attached hydrogens (tertiary/aromatic N) is 2. The fraction of sp³-hybridized carbons (Fsp3) is 0.308. The van der Waals surface area contributed by atoms with Crippen molar-refractivity contribution in [3.63, 3.8) is 0 Å². The number of aromatic nitrogens is 2. The largest absolute Gasteiger partial charge is 0.331 e. The van der Waals surface area contributed by atoms with Crippen LogP contribution in [0.4, 0.5) is 0 Å². The third kappa shape index (κ3) is 3.63. The minimum absolute atomic E-state index is 0.354. The van der Waals surface area contributed by atoms with Crippen molar-refractivity contribution < 1.29 is 4.79 Å². The van der Waals surface area contributed by atoms with E-state index in [0.717, 1.165) is 4.68 Å². The van der Waals surface area contributed by atoms with Crippen LogP contribution in [0.3, 0.4) is 0 Å². The highest BCUT2D eigenvalue weighted by molar-refractivity contribution is 6.68. The van der Waals surface area contributed by atoms with Gasteiger partial charge in [-0.3, -0.25) is 15.0 Å². The molecular weight excluding hydrogens is 351 g/mol. The average molecular weight is 364 g/mol. The summed E-state index contributed by atoms with van der Waals surface area (Å²) < 4.78 is -0.714. The number of nitrogens with one attached hydrogen (secondary N) is 2. The molecule has 0 bridgehead atoms. The van der Waals surface area contributed by atoms with Crippen molar-refractivity contribution in [1.82, 2.24) is 15.0 Å². The Balaban J connectivity index is 2.49. The van der Waals surface area contributed by atoms with Gasteiger partial charge in [0.1, 0.15) is 5.82 Å². The van der Waals surface area contributed by atoms with Crippen LogP contribution >= 0.6 is 34.8 Å². The number of hydrogen-bond donors (Lipinski definition) is 2. The lowest BCUT2D eigenvalue weighted by molar-refractivity contribution is -0.119. The Morgan fingerprint density at radius 2 is 1.95 bits per heavy atom. The second-order valence-electron chi connectivity index (χ2n) is 4.62. The fourth-order valence-electron chi connectivity index (χ4n) is 1.92. The van der Waals surface area contributed by atoms with E-state index < -0.39 is 15.9 Å². The Bertz CT molecular complexity index is 770. The highest BCUT2D eigenvalue weighted by atomic mass is 35.6. The molecule has 1 amide bonds. The lowest BCUT2D eigenvalue weighted by Gasteiger charge is -2.28. The summed E-state index contributed by atoms with van der Waals surface area (Å²) in [6, 6.07) is 6.89. The summed E-state index contributed by atoms with van der Waals surface area (Å²) >= 11 is 17.5. The first-order chi connectivity index (χ1) is 10.2. The molecule has 1 aromatic heterocycles. The molecule has 118 valence electrons. The zero-order valence-electron chi connectivity index (χ0n) is 11.7. The van der Waals surface area contributed by atoms with Crippen LogP contribution in [0.5, 0.6) is 0 Å². The molecule has 22 heavy (non-hydrogen) atoms. The van der Waals surface area contributed by atoms with Crippen molar-refractivity contribution in [3.8, 4) is 0 Å². The molecular formula is C13H13Cl3N4O2. The molecule has 0 aliphatic heterocycles. The predicted octanol–water partition coefficient (Wildman–Crippen LogP) is 2.08. The van der Waals surface area contributed by atoms with E-state index >= 15 is 0 Å². The first-order valence-electron chi connectivity index (χ1n) is 6.29. The second kappa shape index (κ2) is 6.32. The number of halogens is 3. The van der Waals surface area contributed by atoms with Gasteiger partial charge in [0.2, 0.25) is 9.70 Å². The predicted molar refractivity (Wildman–Crippen MR) is 88.0 cm³/mol. The molecule has 2 N–H and O–H groups in total. The van der Waals surface area contributed by atoms with Crippen LogP contribution in [0, 0.1) is 6.92 Å². The monoisotopic (exact) mass is 362 g/mol. The molecule has 1 unspecified atom stereocenters. The molecule has 6 nitrogen and oxygen atoms in total. The van der Waals surface area contributed by atoms with Gasteiger partial charge < -0.3 is 5.32 Å². The van der Waals surface area contributed by atoms with Crippen LogP contribution in [0.15, 0.2) is 29.1 Å². The second-order valence-corrected chi connectivity index (χ2v) is 6.99. The van der Waals surface area contributed by atoms with Gasteiger partial charge in [0.05, 0.1) is 10.9 Å². The summed E-state index contributed by atoms with van der Waals surface area (Å²) in [6.45, 7) is 2.91. The number of carbonyl (C=O) groups excluding carboxylic acids is 1. The van der Waals surface area contributed by atoms with Crippen molar-refractivity contribution in [2.24, 2.45) is 0 Å². The van der Waals surface area contributed by atoms with Crippen molar-refractivity contribution in [3.05, 3.63) is 40.4 Å². The maximum atomic E-state index is 12.5. The van der Waals surface area contributed by atoms with E-state index in [4.69, 9.17) is 34.8 Å². The molecule has 0 aliphatic carbocycles. The molecule has 0 saturated carbocycles. The standard InChI is InChI=1S/C13H13Cl3N4O2/c1-7-17-10-6-4-3-5-9(10)11(22)20(7)19-12(13(14,15)16)18-8(2)21/h3-6,12,19H,1-2H3,(H,18,21). The number of para-hydroxylation sites is 1. The van der Waals surface area contributed by atoms with Gasteiger partial charge in [0.15, 0.2) is 6.17 Å². The van der Waals surface area contributed by atoms with E-state index in [1.54, 1.807) is 31.2 Å². The van der Waals surface area contributed by atoms with E-state index in [1.807, 2.05) is 0 Å². The van der Waals surface area contributed by atoms with Gasteiger partial charge in [0.25, 0.3) is 5.56 Å². The van der Waals surface area contributed by atoms with Crippen molar-refractivity contribution in [2.75, 3.05) is 5.43 Å². The Labute approximate surface area is 141 Å².